The maximum Gasteiger partial charge on any atom is 0.107 e. The van der Waals surface area contributed by atoms with E-state index < -0.39 is 0 Å². The Morgan fingerprint density at radius 1 is 1.44 bits per heavy atom. The second kappa shape index (κ2) is 4.04. The number of nitrogens with one attached hydrogen (secondary N) is 1. The van der Waals surface area contributed by atoms with Gasteiger partial charge >= 0.3 is 0 Å². The fraction of sp³-hybridized carbons (Fsp3) is 0.800. The lowest BCUT2D eigenvalue weighted by Crippen LogP contribution is -2.49. The molecule has 2 bridgehead atoms. The molecule has 2 saturated carbocycles. The van der Waals surface area contributed by atoms with Crippen molar-refractivity contribution in [2.75, 3.05) is 0 Å². The van der Waals surface area contributed by atoms with Crippen molar-refractivity contribution >= 4 is 11.3 Å². The van der Waals surface area contributed by atoms with Crippen molar-refractivity contribution in [1.82, 2.24) is 10.3 Å². The summed E-state index contributed by atoms with van der Waals surface area (Å²) in [6.07, 6.45) is 6.22. The van der Waals surface area contributed by atoms with Crippen molar-refractivity contribution in [3.05, 3.63) is 16.1 Å². The van der Waals surface area contributed by atoms with Crippen LogP contribution in [0.1, 0.15) is 49.9 Å². The molecular weight excluding hydrogens is 240 g/mol. The highest BCUT2D eigenvalue weighted by atomic mass is 32.1. The predicted octanol–water partition coefficient (Wildman–Crippen LogP) is 3.76. The molecule has 0 amide bonds. The van der Waals surface area contributed by atoms with Crippen LogP contribution in [0.25, 0.3) is 0 Å². The molecule has 1 N–H and O–H groups in total. The van der Waals surface area contributed by atoms with Crippen LogP contribution in [-0.4, -0.2) is 11.0 Å². The molecule has 18 heavy (non-hydrogen) atoms. The van der Waals surface area contributed by atoms with E-state index in [1.54, 1.807) is 0 Å². The predicted molar refractivity (Wildman–Crippen MR) is 76.7 cm³/mol. The number of hydrogen-bond donors (Lipinski definition) is 1. The van der Waals surface area contributed by atoms with Gasteiger partial charge in [-0.2, -0.15) is 0 Å². The Bertz CT molecular complexity index is 446. The molecule has 2 aliphatic carbocycles. The molecule has 0 aromatic carbocycles. The molecule has 3 heteroatoms. The largest absolute Gasteiger partial charge is 0.307 e. The zero-order valence-electron chi connectivity index (χ0n) is 11.9. The third kappa shape index (κ3) is 1.83. The minimum absolute atomic E-state index is 0.444. The highest BCUT2D eigenvalue weighted by molar-refractivity contribution is 7.11. The van der Waals surface area contributed by atoms with Gasteiger partial charge in [-0.3, -0.25) is 0 Å². The van der Waals surface area contributed by atoms with E-state index in [9.17, 15) is 0 Å². The van der Waals surface area contributed by atoms with Gasteiger partial charge in [-0.05, 0) is 42.9 Å². The van der Waals surface area contributed by atoms with E-state index in [-0.39, 0.29) is 0 Å². The number of aryl methyl sites for hydroxylation is 1. The van der Waals surface area contributed by atoms with Crippen molar-refractivity contribution in [3.8, 4) is 0 Å². The van der Waals surface area contributed by atoms with Gasteiger partial charge in [-0.1, -0.05) is 20.8 Å². The Morgan fingerprint density at radius 3 is 2.78 bits per heavy atom. The second-order valence-corrected chi connectivity index (χ2v) is 8.41. The molecule has 3 atom stereocenters. The van der Waals surface area contributed by atoms with Crippen LogP contribution in [0.15, 0.2) is 6.20 Å². The van der Waals surface area contributed by atoms with Crippen molar-refractivity contribution in [2.45, 2.75) is 59.5 Å². The molecule has 100 valence electrons. The molecule has 0 radical (unpaired) electrons. The van der Waals surface area contributed by atoms with Gasteiger partial charge in [0.1, 0.15) is 5.01 Å². The first kappa shape index (κ1) is 12.6. The molecule has 1 aromatic rings. The first-order chi connectivity index (χ1) is 8.42. The zero-order chi connectivity index (χ0) is 13.0. The van der Waals surface area contributed by atoms with E-state index in [4.69, 9.17) is 0 Å². The van der Waals surface area contributed by atoms with Crippen LogP contribution in [-0.2, 0) is 6.54 Å². The average molecular weight is 264 g/mol. The smallest absolute Gasteiger partial charge is 0.107 e. The van der Waals surface area contributed by atoms with E-state index in [1.165, 1.54) is 29.1 Å². The van der Waals surface area contributed by atoms with Crippen LogP contribution < -0.4 is 5.32 Å². The van der Waals surface area contributed by atoms with Crippen molar-refractivity contribution in [2.24, 2.45) is 16.7 Å². The fourth-order valence-corrected chi connectivity index (χ4v) is 5.22. The lowest BCUT2D eigenvalue weighted by atomic mass is 9.68. The summed E-state index contributed by atoms with van der Waals surface area (Å²) in [6.45, 7) is 10.4. The number of aromatic nitrogens is 1. The van der Waals surface area contributed by atoms with E-state index in [0.717, 1.165) is 12.5 Å². The molecule has 0 spiro atoms. The van der Waals surface area contributed by atoms with Crippen LogP contribution in [0.5, 0.6) is 0 Å². The highest BCUT2D eigenvalue weighted by Gasteiger charge is 2.58. The van der Waals surface area contributed by atoms with Crippen LogP contribution in [0.2, 0.25) is 0 Å². The Balaban J connectivity index is 1.72. The second-order valence-electron chi connectivity index (χ2n) is 7.09. The summed E-state index contributed by atoms with van der Waals surface area (Å²) in [6, 6.07) is 0.646. The summed E-state index contributed by atoms with van der Waals surface area (Å²) in [7, 11) is 0. The van der Waals surface area contributed by atoms with Gasteiger partial charge in [0.2, 0.25) is 0 Å². The molecule has 1 unspecified atom stereocenters. The van der Waals surface area contributed by atoms with Crippen LogP contribution in [0.4, 0.5) is 0 Å². The lowest BCUT2D eigenvalue weighted by Gasteiger charge is -2.43. The van der Waals surface area contributed by atoms with Gasteiger partial charge < -0.3 is 5.32 Å². The normalized spacial score (nSPS) is 37.3. The fourth-order valence-electron chi connectivity index (χ4n) is 4.48. The summed E-state index contributed by atoms with van der Waals surface area (Å²) >= 11 is 1.82. The minimum Gasteiger partial charge on any atom is -0.307 e. The van der Waals surface area contributed by atoms with Crippen LogP contribution in [0, 0.1) is 23.7 Å². The standard InChI is InChI=1S/C15H24N2S/c1-10-8-16-12(18-10)9-17-13-14(2,3)11-5-6-15(13,4)7-11/h8,11,13,17H,5-7,9H2,1-4H3/t11-,13?,15+/m0/s1. The third-order valence-corrected chi connectivity index (χ3v) is 6.31. The Kier molecular flexibility index (Phi) is 2.83. The summed E-state index contributed by atoms with van der Waals surface area (Å²) in [5.74, 6) is 0.915. The third-order valence-electron chi connectivity index (χ3n) is 5.40. The van der Waals surface area contributed by atoms with Gasteiger partial charge in [-0.15, -0.1) is 11.3 Å². The van der Waals surface area contributed by atoms with Gasteiger partial charge in [-0.25, -0.2) is 4.98 Å². The topological polar surface area (TPSA) is 24.9 Å². The molecule has 1 heterocycles. The summed E-state index contributed by atoms with van der Waals surface area (Å²) in [4.78, 5) is 5.78. The van der Waals surface area contributed by atoms with E-state index in [1.807, 2.05) is 17.5 Å². The van der Waals surface area contributed by atoms with Gasteiger partial charge in [0, 0.05) is 23.7 Å². The molecule has 2 nitrogen and oxygen atoms in total. The zero-order valence-corrected chi connectivity index (χ0v) is 12.7. The molecule has 2 aliphatic rings. The van der Waals surface area contributed by atoms with Crippen LogP contribution >= 0.6 is 11.3 Å². The summed E-state index contributed by atoms with van der Waals surface area (Å²) in [5, 5.41) is 5.05. The van der Waals surface area contributed by atoms with E-state index in [0.29, 0.717) is 16.9 Å². The Hall–Kier alpha value is -0.410. The Labute approximate surface area is 114 Å². The summed E-state index contributed by atoms with van der Waals surface area (Å²) < 4.78 is 0. The van der Waals surface area contributed by atoms with Crippen molar-refractivity contribution < 1.29 is 0 Å². The van der Waals surface area contributed by atoms with Gasteiger partial charge in [0.15, 0.2) is 0 Å². The molecular formula is C15H24N2S. The maximum atomic E-state index is 4.47. The van der Waals surface area contributed by atoms with E-state index in [2.05, 4.69) is 38.0 Å². The summed E-state index contributed by atoms with van der Waals surface area (Å²) in [5.41, 5.74) is 0.958. The number of fused-ring (bicyclic) bond motifs is 2. The maximum absolute atomic E-state index is 4.47. The van der Waals surface area contributed by atoms with Crippen molar-refractivity contribution in [3.63, 3.8) is 0 Å². The van der Waals surface area contributed by atoms with Crippen molar-refractivity contribution in [1.29, 1.82) is 0 Å². The number of thiazole rings is 1. The Morgan fingerprint density at radius 2 is 2.22 bits per heavy atom. The molecule has 0 saturated heterocycles. The van der Waals surface area contributed by atoms with Gasteiger partial charge in [0.25, 0.3) is 0 Å². The lowest BCUT2D eigenvalue weighted by molar-refractivity contribution is 0.108. The van der Waals surface area contributed by atoms with Gasteiger partial charge in [0.05, 0.1) is 0 Å². The van der Waals surface area contributed by atoms with E-state index >= 15 is 0 Å². The molecule has 0 aliphatic heterocycles. The first-order valence-electron chi connectivity index (χ1n) is 7.06. The first-order valence-corrected chi connectivity index (χ1v) is 7.88. The number of rotatable bonds is 3. The average Bonchev–Trinajstić information content (AvgIpc) is 2.89. The quantitative estimate of drug-likeness (QED) is 0.899. The molecule has 2 fully saturated rings. The minimum atomic E-state index is 0.444. The highest BCUT2D eigenvalue weighted by Crippen LogP contribution is 2.62. The number of nitrogens with zero attached hydrogens (tertiary/aromatic N) is 1. The molecule has 1 aromatic heterocycles. The monoisotopic (exact) mass is 264 g/mol. The molecule has 3 rings (SSSR count). The van der Waals surface area contributed by atoms with Crippen LogP contribution in [0.3, 0.4) is 0 Å². The number of hydrogen-bond acceptors (Lipinski definition) is 3. The SMILES string of the molecule is Cc1cnc(CNC2C(C)(C)[C@H]3CC[C@]2(C)C3)s1.